The lowest BCUT2D eigenvalue weighted by atomic mass is 9.76. The number of nitrogens with zero attached hydrogens (tertiary/aromatic N) is 6. The third-order valence-electron chi connectivity index (χ3n) is 21.0. The van der Waals surface area contributed by atoms with Crippen LogP contribution in [-0.4, -0.2) is 103 Å². The van der Waals surface area contributed by atoms with Gasteiger partial charge in [-0.2, -0.15) is 0 Å². The predicted octanol–water partition coefficient (Wildman–Crippen LogP) is 20.4. The Hall–Kier alpha value is -15.7. The van der Waals surface area contributed by atoms with E-state index >= 15 is 0 Å². The zero-order valence-corrected chi connectivity index (χ0v) is 63.0. The van der Waals surface area contributed by atoms with Gasteiger partial charge in [0.25, 0.3) is 0 Å². The number of oxazole rings is 6. The molecule has 0 spiro atoms. The number of rotatable bonds is 21. The summed E-state index contributed by atoms with van der Waals surface area (Å²) in [7, 11) is 8.84. The van der Waals surface area contributed by atoms with Gasteiger partial charge in [-0.1, -0.05) is 54.6 Å². The number of aromatic nitrogens is 6. The summed E-state index contributed by atoms with van der Waals surface area (Å²) in [5, 5.41) is 64.3. The molecule has 0 radical (unpaired) electrons. The molecule has 0 fully saturated rings. The summed E-state index contributed by atoms with van der Waals surface area (Å²) in [6.45, 7) is 0. The Bertz CT molecular complexity index is 6080. The second kappa shape index (κ2) is 28.8. The number of fused-ring (bicyclic) bond motifs is 6. The van der Waals surface area contributed by atoms with E-state index in [0.29, 0.717) is 100.0 Å². The number of phenolic OH excluding ortho intramolecular Hbond substituents is 6. The van der Waals surface area contributed by atoms with E-state index in [0.717, 1.165) is 50.1 Å². The number of aromatic hydroxyl groups is 6. The van der Waals surface area contributed by atoms with Crippen LogP contribution in [0.1, 0.15) is 67.8 Å². The van der Waals surface area contributed by atoms with E-state index in [1.165, 1.54) is 79.1 Å². The van der Waals surface area contributed by atoms with Gasteiger partial charge in [-0.25, -0.2) is 29.9 Å². The fourth-order valence-electron chi connectivity index (χ4n) is 15.3. The molecular formula is C93H66N6O18. The van der Waals surface area contributed by atoms with Gasteiger partial charge in [0.1, 0.15) is 33.1 Å². The van der Waals surface area contributed by atoms with Crippen LogP contribution in [0.3, 0.4) is 0 Å². The maximum absolute atomic E-state index is 10.7. The first-order valence-corrected chi connectivity index (χ1v) is 36.8. The Balaban J connectivity index is 0.884. The Morgan fingerprint density at radius 1 is 0.197 bits per heavy atom. The molecule has 0 aliphatic carbocycles. The van der Waals surface area contributed by atoms with Crippen molar-refractivity contribution in [3.05, 3.63) is 287 Å². The predicted molar refractivity (Wildman–Crippen MR) is 435 cm³/mol. The van der Waals surface area contributed by atoms with Crippen molar-refractivity contribution >= 4 is 66.6 Å². The molecule has 13 aromatic carbocycles. The van der Waals surface area contributed by atoms with Crippen LogP contribution in [-0.2, 0) is 0 Å². The van der Waals surface area contributed by atoms with E-state index in [-0.39, 0.29) is 104 Å². The molecule has 0 saturated heterocycles. The molecule has 0 atom stereocenters. The number of hydrogen-bond donors (Lipinski definition) is 6. The van der Waals surface area contributed by atoms with Crippen LogP contribution in [0.25, 0.3) is 135 Å². The SMILES string of the molecule is COc1cc(-c2nc3cc(C(c4cc(C(c5ccc6oc(-c7ccc(O)c(OC)c7)nc6c5)c5ccc6oc(-c7ccc(O)c(OC)c7)nc6c5)cc(C(c5ccc6oc(-c7ccc(O)c(OC)c7)nc6c5)c5ccc6oc(-c7ccc(O)c(OC)c7)nc6c5)c4)c4ccc5oc(-c6ccc(O)c(OC)c6)nc5c4)ccc3o2)ccc1O. The van der Waals surface area contributed by atoms with Gasteiger partial charge in [0.2, 0.25) is 35.3 Å². The van der Waals surface area contributed by atoms with Crippen molar-refractivity contribution in [2.45, 2.75) is 17.8 Å². The first kappa shape index (κ1) is 71.6. The average molecular weight is 1560 g/mol. The maximum Gasteiger partial charge on any atom is 0.227 e. The molecular weight excluding hydrogens is 1490 g/mol. The van der Waals surface area contributed by atoms with E-state index in [4.69, 9.17) is 84.8 Å². The molecule has 24 nitrogen and oxygen atoms in total. The van der Waals surface area contributed by atoms with Gasteiger partial charge in [0.15, 0.2) is 102 Å². The van der Waals surface area contributed by atoms with E-state index in [9.17, 15) is 30.6 Å². The van der Waals surface area contributed by atoms with Gasteiger partial charge in [-0.05, 0) is 232 Å². The summed E-state index contributed by atoms with van der Waals surface area (Å²) in [5.74, 6) is 0.741. The van der Waals surface area contributed by atoms with Crippen molar-refractivity contribution in [3.63, 3.8) is 0 Å². The molecule has 576 valence electrons. The summed E-state index contributed by atoms with van der Waals surface area (Å²) >= 11 is 0. The summed E-state index contributed by atoms with van der Waals surface area (Å²) in [6, 6.07) is 71.5. The highest BCUT2D eigenvalue weighted by molar-refractivity contribution is 5.85. The molecule has 117 heavy (non-hydrogen) atoms. The standard InChI is InChI=1S/C93H66N6O18/c1-106-79-40-52(7-19-67(79)100)88-94-61-34-46(13-25-73(61)112-88)85(47-14-26-74-62(35-47)95-89(113-74)53-8-20-68(101)80(41-53)107-2)58-31-59(86(48-15-27-75-63(36-48)96-90(114-75)54-9-21-69(102)81(42-54)108-3)49-16-28-76-64(37-49)97-91(115-76)55-10-22-70(103)82(43-55)109-4)33-60(32-58)87(50-17-29-77-65(38-50)98-92(116-77)56-11-23-71(104)83(44-56)110-5)51-18-30-78-66(39-51)99-93(117-78)57-12-24-72(105)84(45-57)111-6/h7-45,85-87,100-105H,1-6H3. The van der Waals surface area contributed by atoms with Gasteiger partial charge < -0.3 is 85.6 Å². The Kier molecular flexibility index (Phi) is 17.6. The third kappa shape index (κ3) is 13.1. The van der Waals surface area contributed by atoms with Crippen molar-refractivity contribution in [3.8, 4) is 138 Å². The monoisotopic (exact) mass is 1550 g/mol. The lowest BCUT2D eigenvalue weighted by molar-refractivity contribution is 0.373. The smallest absolute Gasteiger partial charge is 0.227 e. The molecule has 19 rings (SSSR count). The highest BCUT2D eigenvalue weighted by atomic mass is 16.5. The lowest BCUT2D eigenvalue weighted by Crippen LogP contribution is -2.12. The summed E-state index contributed by atoms with van der Waals surface area (Å²) in [4.78, 5) is 30.8. The minimum Gasteiger partial charge on any atom is -0.504 e. The second-order valence-electron chi connectivity index (χ2n) is 28.0. The highest BCUT2D eigenvalue weighted by Gasteiger charge is 2.31. The van der Waals surface area contributed by atoms with E-state index in [1.54, 1.807) is 72.8 Å². The number of hydrogen-bond acceptors (Lipinski definition) is 24. The molecule has 0 aliphatic rings. The van der Waals surface area contributed by atoms with Crippen LogP contribution in [0, 0.1) is 0 Å². The summed E-state index contributed by atoms with van der Waals surface area (Å²) < 4.78 is 72.5. The highest BCUT2D eigenvalue weighted by Crippen LogP contribution is 2.48. The lowest BCUT2D eigenvalue weighted by Gasteiger charge is -2.27. The molecule has 24 heteroatoms. The van der Waals surface area contributed by atoms with Crippen LogP contribution >= 0.6 is 0 Å². The molecule has 6 heterocycles. The van der Waals surface area contributed by atoms with Crippen LogP contribution < -0.4 is 28.4 Å². The molecule has 0 aliphatic heterocycles. The Morgan fingerprint density at radius 2 is 0.359 bits per heavy atom. The van der Waals surface area contributed by atoms with Crippen LogP contribution in [0.15, 0.2) is 263 Å². The Morgan fingerprint density at radius 3 is 0.513 bits per heavy atom. The number of methoxy groups -OCH3 is 6. The zero-order chi connectivity index (χ0) is 80.0. The number of phenols is 6. The fourth-order valence-corrected chi connectivity index (χ4v) is 15.3. The second-order valence-corrected chi connectivity index (χ2v) is 28.0. The topological polar surface area (TPSA) is 333 Å². The van der Waals surface area contributed by atoms with Gasteiger partial charge in [0.05, 0.1) is 42.7 Å². The molecule has 0 bridgehead atoms. The molecule has 0 unspecified atom stereocenters. The molecule has 0 saturated carbocycles. The van der Waals surface area contributed by atoms with Crippen LogP contribution in [0.4, 0.5) is 0 Å². The van der Waals surface area contributed by atoms with Crippen molar-refractivity contribution in [1.29, 1.82) is 0 Å². The zero-order valence-electron chi connectivity index (χ0n) is 63.0. The van der Waals surface area contributed by atoms with Crippen molar-refractivity contribution < 1.29 is 85.6 Å². The summed E-state index contributed by atoms with van der Waals surface area (Å²) in [5.41, 5.74) is 16.4. The normalized spacial score (nSPS) is 11.8. The molecule has 19 aromatic rings. The minimum atomic E-state index is -0.696. The van der Waals surface area contributed by atoms with Gasteiger partial charge in [0, 0.05) is 51.1 Å². The van der Waals surface area contributed by atoms with E-state index in [2.05, 4.69) is 18.2 Å². The first-order valence-electron chi connectivity index (χ1n) is 36.8. The molecule has 6 N–H and O–H groups in total. The van der Waals surface area contributed by atoms with Gasteiger partial charge >= 0.3 is 0 Å². The van der Waals surface area contributed by atoms with Crippen LogP contribution in [0.5, 0.6) is 69.0 Å². The van der Waals surface area contributed by atoms with Crippen molar-refractivity contribution in [2.75, 3.05) is 42.7 Å². The molecule has 0 amide bonds. The maximum atomic E-state index is 10.7. The average Bonchev–Trinajstić information content (AvgIpc) is 1.67. The minimum absolute atomic E-state index is 0.0492. The van der Waals surface area contributed by atoms with Gasteiger partial charge in [-0.3, -0.25) is 0 Å². The number of benzene rings is 13. The van der Waals surface area contributed by atoms with Crippen molar-refractivity contribution in [1.82, 2.24) is 29.9 Å². The quantitative estimate of drug-likeness (QED) is 0.0364. The van der Waals surface area contributed by atoms with Crippen molar-refractivity contribution in [2.24, 2.45) is 0 Å². The van der Waals surface area contributed by atoms with E-state index in [1.807, 2.05) is 109 Å². The largest absolute Gasteiger partial charge is 0.504 e. The Labute approximate surface area is 663 Å². The summed E-state index contributed by atoms with van der Waals surface area (Å²) in [6.07, 6.45) is 0. The fraction of sp³-hybridized carbons (Fsp3) is 0.0968. The number of ether oxygens (including phenoxy) is 6. The molecule has 6 aromatic heterocycles. The first-order chi connectivity index (χ1) is 57.0. The van der Waals surface area contributed by atoms with Crippen LogP contribution in [0.2, 0.25) is 0 Å². The van der Waals surface area contributed by atoms with Gasteiger partial charge in [-0.15, -0.1) is 0 Å². The third-order valence-corrected chi connectivity index (χ3v) is 21.0. The van der Waals surface area contributed by atoms with E-state index < -0.39 is 17.8 Å².